The number of nitrogens with one attached hydrogen (secondary N) is 2. The van der Waals surface area contributed by atoms with Crippen LogP contribution in [0.2, 0.25) is 0 Å². The highest BCUT2D eigenvalue weighted by atomic mass is 32.1. The number of aromatic nitrogens is 3. The molecule has 2 amide bonds. The van der Waals surface area contributed by atoms with E-state index < -0.39 is 0 Å². The van der Waals surface area contributed by atoms with E-state index in [1.54, 1.807) is 4.90 Å². The van der Waals surface area contributed by atoms with Crippen LogP contribution >= 0.6 is 12.2 Å². The summed E-state index contributed by atoms with van der Waals surface area (Å²) in [7, 11) is 0. The molecule has 1 aliphatic heterocycles. The number of benzene rings is 2. The Morgan fingerprint density at radius 3 is 2.66 bits per heavy atom. The van der Waals surface area contributed by atoms with Gasteiger partial charge in [-0.3, -0.25) is 19.3 Å². The van der Waals surface area contributed by atoms with Crippen LogP contribution in [0, 0.1) is 17.6 Å². The normalized spacial score (nSPS) is 16.0. The third-order valence-electron chi connectivity index (χ3n) is 5.80. The molecule has 0 aliphatic carbocycles. The van der Waals surface area contributed by atoms with Gasteiger partial charge in [0, 0.05) is 37.3 Å². The summed E-state index contributed by atoms with van der Waals surface area (Å²) in [6.45, 7) is 3.59. The number of amides is 2. The molecule has 32 heavy (non-hydrogen) atoms. The van der Waals surface area contributed by atoms with Crippen molar-refractivity contribution < 1.29 is 9.59 Å². The van der Waals surface area contributed by atoms with Crippen LogP contribution in [0.5, 0.6) is 0 Å². The second-order valence-electron chi connectivity index (χ2n) is 8.15. The predicted octanol–water partition coefficient (Wildman–Crippen LogP) is 4.18. The second-order valence-corrected chi connectivity index (χ2v) is 8.54. The van der Waals surface area contributed by atoms with Gasteiger partial charge >= 0.3 is 0 Å². The van der Waals surface area contributed by atoms with Crippen LogP contribution in [0.3, 0.4) is 0 Å². The number of anilines is 1. The van der Waals surface area contributed by atoms with E-state index >= 15 is 0 Å². The molecule has 0 bridgehead atoms. The third-order valence-corrected chi connectivity index (χ3v) is 6.12. The Kier molecular flexibility index (Phi) is 6.80. The minimum atomic E-state index is -0.202. The number of para-hydroxylation sites is 1. The van der Waals surface area contributed by atoms with Crippen LogP contribution in [0.1, 0.15) is 24.8 Å². The fourth-order valence-corrected chi connectivity index (χ4v) is 4.22. The maximum absolute atomic E-state index is 12.9. The van der Waals surface area contributed by atoms with Gasteiger partial charge in [-0.05, 0) is 44.1 Å². The molecule has 1 atom stereocenters. The third kappa shape index (κ3) is 5.13. The molecule has 2 N–H and O–H groups in total. The first-order valence-electron chi connectivity index (χ1n) is 10.9. The zero-order chi connectivity index (χ0) is 22.5. The molecule has 1 saturated heterocycles. The molecule has 8 heteroatoms. The number of aromatic amines is 1. The first-order chi connectivity index (χ1) is 15.5. The van der Waals surface area contributed by atoms with Crippen molar-refractivity contribution in [3.05, 3.63) is 64.9 Å². The predicted molar refractivity (Wildman–Crippen MR) is 127 cm³/mol. The fourth-order valence-electron chi connectivity index (χ4n) is 4.00. The van der Waals surface area contributed by atoms with Gasteiger partial charge in [0.05, 0.1) is 5.92 Å². The maximum Gasteiger partial charge on any atom is 0.229 e. The number of hydrogen-bond donors (Lipinski definition) is 2. The summed E-state index contributed by atoms with van der Waals surface area (Å²) in [4.78, 5) is 27.4. The number of carbonyl (C=O) groups is 2. The lowest BCUT2D eigenvalue weighted by Gasteiger charge is -2.32. The minimum Gasteiger partial charge on any atom is -0.342 e. The van der Waals surface area contributed by atoms with Crippen molar-refractivity contribution in [1.29, 1.82) is 0 Å². The van der Waals surface area contributed by atoms with Crippen LogP contribution in [0.15, 0.2) is 54.6 Å². The quantitative estimate of drug-likeness (QED) is 0.553. The van der Waals surface area contributed by atoms with Gasteiger partial charge in [0.2, 0.25) is 11.8 Å². The van der Waals surface area contributed by atoms with Crippen molar-refractivity contribution in [1.82, 2.24) is 19.7 Å². The minimum absolute atomic E-state index is 0.0279. The van der Waals surface area contributed by atoms with Gasteiger partial charge in [-0.2, -0.15) is 5.10 Å². The summed E-state index contributed by atoms with van der Waals surface area (Å²) in [6.07, 6.45) is 1.91. The highest BCUT2D eigenvalue weighted by Gasteiger charge is 2.28. The van der Waals surface area contributed by atoms with Crippen molar-refractivity contribution in [3.8, 4) is 11.4 Å². The number of rotatable bonds is 6. The first-order valence-corrected chi connectivity index (χ1v) is 11.3. The van der Waals surface area contributed by atoms with Gasteiger partial charge in [0.15, 0.2) is 10.6 Å². The molecular formula is C24H27N5O2S. The van der Waals surface area contributed by atoms with E-state index in [-0.39, 0.29) is 17.7 Å². The van der Waals surface area contributed by atoms with Crippen molar-refractivity contribution in [2.75, 3.05) is 18.4 Å². The zero-order valence-electron chi connectivity index (χ0n) is 18.1. The van der Waals surface area contributed by atoms with Crippen LogP contribution in [-0.4, -0.2) is 44.6 Å². The average molecular weight is 450 g/mol. The Bertz CT molecular complexity index is 1140. The number of hydrogen-bond acceptors (Lipinski definition) is 4. The topological polar surface area (TPSA) is 83.0 Å². The monoisotopic (exact) mass is 449 g/mol. The molecule has 1 aromatic heterocycles. The zero-order valence-corrected chi connectivity index (χ0v) is 18.9. The van der Waals surface area contributed by atoms with Gasteiger partial charge in [-0.15, -0.1) is 0 Å². The second kappa shape index (κ2) is 9.91. The molecule has 2 aromatic carbocycles. The van der Waals surface area contributed by atoms with Crippen LogP contribution in [0.25, 0.3) is 11.4 Å². The summed E-state index contributed by atoms with van der Waals surface area (Å²) < 4.78 is 2.36. The molecule has 1 fully saturated rings. The molecule has 1 unspecified atom stereocenters. The standard InChI is InChI=1S/C24H27N5O2S/c1-17-9-11-18(12-10-17)22-26-27-24(32)29(22)15-13-21(30)28-14-5-6-19(16-28)23(31)25-20-7-3-2-4-8-20/h2-4,7-12,19H,5-6,13-16H2,1H3,(H,25,31)(H,27,32). The van der Waals surface area contributed by atoms with Crippen molar-refractivity contribution in [2.24, 2.45) is 5.92 Å². The Hall–Kier alpha value is -3.26. The largest absolute Gasteiger partial charge is 0.342 e. The highest BCUT2D eigenvalue weighted by Crippen LogP contribution is 2.21. The van der Waals surface area contributed by atoms with Crippen molar-refractivity contribution in [2.45, 2.75) is 32.7 Å². The van der Waals surface area contributed by atoms with E-state index in [1.807, 2.05) is 66.1 Å². The number of aryl methyl sites for hydroxylation is 1. The lowest BCUT2D eigenvalue weighted by atomic mass is 9.96. The van der Waals surface area contributed by atoms with E-state index in [9.17, 15) is 9.59 Å². The number of nitrogens with zero attached hydrogens (tertiary/aromatic N) is 3. The molecule has 7 nitrogen and oxygen atoms in total. The molecule has 0 saturated carbocycles. The number of H-pyrrole nitrogens is 1. The van der Waals surface area contributed by atoms with Gasteiger partial charge in [0.25, 0.3) is 0 Å². The fraction of sp³-hybridized carbons (Fsp3) is 0.333. The molecule has 1 aliphatic rings. The summed E-state index contributed by atoms with van der Waals surface area (Å²) in [5.41, 5.74) is 2.89. The SMILES string of the molecule is Cc1ccc(-c2n[nH]c(=S)n2CCC(=O)N2CCCC(C(=O)Nc3ccccc3)C2)cc1. The smallest absolute Gasteiger partial charge is 0.229 e. The average Bonchev–Trinajstić information content (AvgIpc) is 3.19. The summed E-state index contributed by atoms with van der Waals surface area (Å²) >= 11 is 5.39. The summed E-state index contributed by atoms with van der Waals surface area (Å²) in [5.74, 6) is 0.515. The lowest BCUT2D eigenvalue weighted by molar-refractivity contribution is -0.134. The molecule has 0 spiro atoms. The van der Waals surface area contributed by atoms with Crippen LogP contribution < -0.4 is 5.32 Å². The number of carbonyl (C=O) groups excluding carboxylic acids is 2. The molecule has 166 valence electrons. The van der Waals surface area contributed by atoms with Crippen LogP contribution in [-0.2, 0) is 16.1 Å². The Labute approximate surface area is 192 Å². The van der Waals surface area contributed by atoms with Gasteiger partial charge in [-0.1, -0.05) is 48.0 Å². The van der Waals surface area contributed by atoms with Gasteiger partial charge in [-0.25, -0.2) is 0 Å². The van der Waals surface area contributed by atoms with E-state index in [0.29, 0.717) is 30.8 Å². The van der Waals surface area contributed by atoms with E-state index in [4.69, 9.17) is 12.2 Å². The lowest BCUT2D eigenvalue weighted by Crippen LogP contribution is -2.44. The van der Waals surface area contributed by atoms with Crippen molar-refractivity contribution >= 4 is 29.7 Å². The van der Waals surface area contributed by atoms with Crippen molar-refractivity contribution in [3.63, 3.8) is 0 Å². The molecular weight excluding hydrogens is 422 g/mol. The molecule has 2 heterocycles. The highest BCUT2D eigenvalue weighted by molar-refractivity contribution is 7.71. The van der Waals surface area contributed by atoms with Gasteiger partial charge in [0.1, 0.15) is 0 Å². The Morgan fingerprint density at radius 2 is 1.91 bits per heavy atom. The van der Waals surface area contributed by atoms with E-state index in [0.717, 1.165) is 29.9 Å². The Balaban J connectivity index is 1.37. The van der Waals surface area contributed by atoms with Crippen LogP contribution in [0.4, 0.5) is 5.69 Å². The molecule has 3 aromatic rings. The number of piperidine rings is 1. The maximum atomic E-state index is 12.9. The van der Waals surface area contributed by atoms with E-state index in [1.165, 1.54) is 5.56 Å². The Morgan fingerprint density at radius 1 is 1.16 bits per heavy atom. The summed E-state index contributed by atoms with van der Waals surface area (Å²) in [5, 5.41) is 10.1. The van der Waals surface area contributed by atoms with Gasteiger partial charge < -0.3 is 10.2 Å². The summed E-state index contributed by atoms with van der Waals surface area (Å²) in [6, 6.07) is 17.5. The van der Waals surface area contributed by atoms with E-state index in [2.05, 4.69) is 15.5 Å². The molecule has 4 rings (SSSR count). The molecule has 0 radical (unpaired) electrons. The first kappa shape index (κ1) is 22.0. The number of likely N-dealkylation sites (tertiary alicyclic amines) is 1.